The van der Waals surface area contributed by atoms with E-state index in [4.69, 9.17) is 36.8 Å². The summed E-state index contributed by atoms with van der Waals surface area (Å²) in [6.45, 7) is 0. The number of methoxy groups -OCH3 is 1. The Balaban J connectivity index is 1.48. The molecule has 2 aromatic heterocycles. The molecule has 0 atom stereocenters. The summed E-state index contributed by atoms with van der Waals surface area (Å²) in [4.78, 5) is 25.3. The number of ketones is 2. The quantitative estimate of drug-likeness (QED) is 0.270. The summed E-state index contributed by atoms with van der Waals surface area (Å²) in [6, 6.07) is 13.6. The highest BCUT2D eigenvalue weighted by atomic mass is 35.5. The van der Waals surface area contributed by atoms with Crippen LogP contribution in [-0.2, 0) is 0 Å². The van der Waals surface area contributed by atoms with E-state index in [1.54, 1.807) is 19.2 Å². The van der Waals surface area contributed by atoms with Gasteiger partial charge in [0.25, 0.3) is 0 Å². The number of fused-ring (bicyclic) bond motifs is 2. The SMILES string of the molecule is COc1ccc(-c2cc3oc(C=C4C(=O)c5cc(Cl)c(Cl)cc5C4=O)cc3o2)cc1. The molecule has 0 unspecified atom stereocenters. The number of carbonyl (C=O) groups excluding carboxylic acids is 2. The van der Waals surface area contributed by atoms with Crippen LogP contribution in [0.1, 0.15) is 26.5 Å². The van der Waals surface area contributed by atoms with Crippen molar-refractivity contribution in [1.29, 1.82) is 0 Å². The van der Waals surface area contributed by atoms with Crippen LogP contribution < -0.4 is 4.74 Å². The molecule has 0 spiro atoms. The second-order valence-corrected chi connectivity index (χ2v) is 7.56. The van der Waals surface area contributed by atoms with Gasteiger partial charge in [0.1, 0.15) is 17.3 Å². The van der Waals surface area contributed by atoms with Gasteiger partial charge in [-0.25, -0.2) is 0 Å². The van der Waals surface area contributed by atoms with Gasteiger partial charge in [0.15, 0.2) is 22.7 Å². The summed E-state index contributed by atoms with van der Waals surface area (Å²) in [7, 11) is 1.60. The van der Waals surface area contributed by atoms with Crippen LogP contribution in [-0.4, -0.2) is 18.7 Å². The van der Waals surface area contributed by atoms with E-state index < -0.39 is 11.6 Å². The van der Waals surface area contributed by atoms with Gasteiger partial charge in [-0.3, -0.25) is 9.59 Å². The van der Waals surface area contributed by atoms with Crippen molar-refractivity contribution >= 4 is 52.0 Å². The average Bonchev–Trinajstić information content (AvgIpc) is 3.37. The lowest BCUT2D eigenvalue weighted by atomic mass is 10.1. The normalized spacial score (nSPS) is 13.2. The number of Topliss-reactive ketones (excluding diaryl/α,β-unsaturated/α-hetero) is 2. The zero-order chi connectivity index (χ0) is 21.0. The Morgan fingerprint density at radius 3 is 2.00 bits per heavy atom. The van der Waals surface area contributed by atoms with Gasteiger partial charge >= 0.3 is 0 Å². The molecule has 148 valence electrons. The third kappa shape index (κ3) is 2.95. The Morgan fingerprint density at radius 2 is 1.43 bits per heavy atom. The molecule has 2 heterocycles. The van der Waals surface area contributed by atoms with Crippen molar-refractivity contribution in [2.24, 2.45) is 0 Å². The molecule has 1 aliphatic rings. The molecule has 4 aromatic rings. The monoisotopic (exact) mass is 438 g/mol. The molecule has 0 radical (unpaired) electrons. The van der Waals surface area contributed by atoms with Gasteiger partial charge in [-0.2, -0.15) is 0 Å². The minimum absolute atomic E-state index is 0.00452. The molecule has 0 aliphatic heterocycles. The lowest BCUT2D eigenvalue weighted by molar-refractivity contribution is 0.0990. The Kier molecular flexibility index (Phi) is 4.31. The number of hydrogen-bond donors (Lipinski definition) is 0. The van der Waals surface area contributed by atoms with Crippen LogP contribution >= 0.6 is 23.2 Å². The number of allylic oxidation sites excluding steroid dienone is 1. The average molecular weight is 439 g/mol. The van der Waals surface area contributed by atoms with Crippen molar-refractivity contribution in [3.63, 3.8) is 0 Å². The fourth-order valence-electron chi connectivity index (χ4n) is 3.41. The maximum atomic E-state index is 12.7. The minimum atomic E-state index is -0.416. The van der Waals surface area contributed by atoms with Crippen LogP contribution in [0.25, 0.3) is 28.6 Å². The van der Waals surface area contributed by atoms with Crippen molar-refractivity contribution in [2.75, 3.05) is 7.11 Å². The first kappa shape index (κ1) is 18.7. The third-order valence-corrected chi connectivity index (χ3v) is 5.65. The summed E-state index contributed by atoms with van der Waals surface area (Å²) in [5.74, 6) is 0.889. The van der Waals surface area contributed by atoms with Gasteiger partial charge in [-0.1, -0.05) is 23.2 Å². The van der Waals surface area contributed by atoms with Crippen LogP contribution in [0.2, 0.25) is 10.0 Å². The van der Waals surface area contributed by atoms with Crippen molar-refractivity contribution in [1.82, 2.24) is 0 Å². The number of halogens is 2. The van der Waals surface area contributed by atoms with E-state index in [0.29, 0.717) is 22.7 Å². The van der Waals surface area contributed by atoms with E-state index in [9.17, 15) is 9.59 Å². The smallest absolute Gasteiger partial charge is 0.197 e. The van der Waals surface area contributed by atoms with Crippen LogP contribution in [0.5, 0.6) is 5.75 Å². The highest BCUT2D eigenvalue weighted by Crippen LogP contribution is 2.36. The Labute approximate surface area is 180 Å². The first-order valence-corrected chi connectivity index (χ1v) is 9.68. The van der Waals surface area contributed by atoms with Gasteiger partial charge in [0.05, 0.1) is 22.7 Å². The molecule has 0 N–H and O–H groups in total. The summed E-state index contributed by atoms with van der Waals surface area (Å²) in [5, 5.41) is 0.443. The van der Waals surface area contributed by atoms with Crippen LogP contribution in [0.4, 0.5) is 0 Å². The standard InChI is InChI=1S/C23H12Cl2O5/c1-28-12-4-2-11(3-5-12)19-10-21-20(30-19)7-13(29-21)6-16-22(26)14-8-17(24)18(25)9-15(14)23(16)27/h2-10H,1H3. The minimum Gasteiger partial charge on any atom is -0.497 e. The zero-order valence-electron chi connectivity index (χ0n) is 15.5. The number of furan rings is 2. The lowest BCUT2D eigenvalue weighted by Crippen LogP contribution is -1.99. The van der Waals surface area contributed by atoms with Gasteiger partial charge < -0.3 is 13.6 Å². The van der Waals surface area contributed by atoms with Gasteiger partial charge in [-0.15, -0.1) is 0 Å². The highest BCUT2D eigenvalue weighted by molar-refractivity contribution is 6.46. The molecule has 30 heavy (non-hydrogen) atoms. The van der Waals surface area contributed by atoms with E-state index in [-0.39, 0.29) is 26.7 Å². The fraction of sp³-hybridized carbons (Fsp3) is 0.0435. The van der Waals surface area contributed by atoms with Crippen molar-refractivity contribution in [2.45, 2.75) is 0 Å². The van der Waals surface area contributed by atoms with E-state index in [2.05, 4.69) is 0 Å². The second kappa shape index (κ2) is 6.90. The molecule has 7 heteroatoms. The van der Waals surface area contributed by atoms with Crippen molar-refractivity contribution < 1.29 is 23.2 Å². The van der Waals surface area contributed by atoms with Gasteiger partial charge in [-0.05, 0) is 42.5 Å². The largest absolute Gasteiger partial charge is 0.497 e. The number of benzene rings is 2. The predicted molar refractivity (Wildman–Crippen MR) is 114 cm³/mol. The number of carbonyl (C=O) groups is 2. The molecule has 0 saturated carbocycles. The van der Waals surface area contributed by atoms with E-state index in [1.807, 2.05) is 24.3 Å². The zero-order valence-corrected chi connectivity index (χ0v) is 17.0. The van der Waals surface area contributed by atoms with E-state index in [0.717, 1.165) is 11.3 Å². The number of rotatable bonds is 3. The van der Waals surface area contributed by atoms with Crippen LogP contribution in [0.15, 0.2) is 62.9 Å². The molecule has 0 fully saturated rings. The first-order chi connectivity index (χ1) is 14.4. The van der Waals surface area contributed by atoms with Crippen molar-refractivity contribution in [3.05, 3.63) is 81.0 Å². The summed E-state index contributed by atoms with van der Waals surface area (Å²) >= 11 is 12.0. The maximum Gasteiger partial charge on any atom is 0.197 e. The molecular formula is C23H12Cl2O5. The predicted octanol–water partition coefficient (Wildman–Crippen LogP) is 6.47. The molecular weight excluding hydrogens is 427 g/mol. The highest BCUT2D eigenvalue weighted by Gasteiger charge is 2.34. The van der Waals surface area contributed by atoms with Crippen molar-refractivity contribution in [3.8, 4) is 17.1 Å². The lowest BCUT2D eigenvalue weighted by Gasteiger charge is -2.00. The van der Waals surface area contributed by atoms with E-state index >= 15 is 0 Å². The topological polar surface area (TPSA) is 69.7 Å². The van der Waals surface area contributed by atoms with Crippen LogP contribution in [0, 0.1) is 0 Å². The second-order valence-electron chi connectivity index (χ2n) is 6.74. The Morgan fingerprint density at radius 1 is 0.833 bits per heavy atom. The maximum absolute atomic E-state index is 12.7. The van der Waals surface area contributed by atoms with Gasteiger partial charge in [0.2, 0.25) is 0 Å². The summed E-state index contributed by atoms with van der Waals surface area (Å²) in [6.07, 6.45) is 1.41. The molecule has 0 bridgehead atoms. The Bertz CT molecular complexity index is 1300. The van der Waals surface area contributed by atoms with E-state index in [1.165, 1.54) is 18.2 Å². The molecule has 2 aromatic carbocycles. The summed E-state index contributed by atoms with van der Waals surface area (Å²) in [5.41, 5.74) is 2.35. The van der Waals surface area contributed by atoms with Crippen LogP contribution in [0.3, 0.4) is 0 Å². The van der Waals surface area contributed by atoms with Gasteiger partial charge in [0, 0.05) is 28.8 Å². The summed E-state index contributed by atoms with van der Waals surface area (Å²) < 4.78 is 16.8. The number of ether oxygens (including phenoxy) is 1. The molecule has 5 nitrogen and oxygen atoms in total. The first-order valence-electron chi connectivity index (χ1n) is 8.92. The molecule has 1 aliphatic carbocycles. The molecule has 5 rings (SSSR count). The fourth-order valence-corrected chi connectivity index (χ4v) is 3.74. The molecule has 0 saturated heterocycles. The number of hydrogen-bond acceptors (Lipinski definition) is 5. The third-order valence-electron chi connectivity index (χ3n) is 4.93. The Hall–Kier alpha value is -3.28. The molecule has 0 amide bonds.